The number of aromatic amines is 1. The van der Waals surface area contributed by atoms with Crippen molar-refractivity contribution in [3.05, 3.63) is 81.4 Å². The summed E-state index contributed by atoms with van der Waals surface area (Å²) in [5, 5.41) is 21.4. The summed E-state index contributed by atoms with van der Waals surface area (Å²) in [6.07, 6.45) is 1.76. The summed E-state index contributed by atoms with van der Waals surface area (Å²) in [6.45, 7) is 0. The van der Waals surface area contributed by atoms with E-state index in [1.54, 1.807) is 18.3 Å². The van der Waals surface area contributed by atoms with E-state index < -0.39 is 10.8 Å². The lowest BCUT2D eigenvalue weighted by atomic mass is 9.83. The van der Waals surface area contributed by atoms with Crippen molar-refractivity contribution in [2.45, 2.75) is 5.92 Å². The number of aromatic nitrogens is 1. The Morgan fingerprint density at radius 2 is 2.04 bits per heavy atom. The van der Waals surface area contributed by atoms with Crippen LogP contribution in [0, 0.1) is 21.4 Å². The molecule has 0 radical (unpaired) electrons. The van der Waals surface area contributed by atoms with Crippen molar-refractivity contribution in [1.82, 2.24) is 4.98 Å². The molecular formula is C18H12N4O3. The summed E-state index contributed by atoms with van der Waals surface area (Å²) in [5.41, 5.74) is 8.50. The van der Waals surface area contributed by atoms with E-state index in [1.807, 2.05) is 18.2 Å². The first-order valence-corrected chi connectivity index (χ1v) is 7.52. The molecule has 0 amide bonds. The maximum absolute atomic E-state index is 11.1. The fraction of sp³-hybridized carbons (Fsp3) is 0.0556. The maximum atomic E-state index is 11.1. The predicted octanol–water partition coefficient (Wildman–Crippen LogP) is 3.29. The molecule has 1 atom stereocenters. The molecular weight excluding hydrogens is 320 g/mol. The number of nitriles is 1. The van der Waals surface area contributed by atoms with Gasteiger partial charge in [0, 0.05) is 34.8 Å². The third-order valence-electron chi connectivity index (χ3n) is 4.34. The number of fused-ring (bicyclic) bond motifs is 2. The molecule has 25 heavy (non-hydrogen) atoms. The zero-order valence-electron chi connectivity index (χ0n) is 12.9. The minimum atomic E-state index is -0.453. The number of hydrogen-bond acceptors (Lipinski definition) is 5. The number of non-ortho nitro benzene ring substituents is 1. The van der Waals surface area contributed by atoms with Crippen LogP contribution in [0.2, 0.25) is 0 Å². The molecule has 3 N–H and O–H groups in total. The van der Waals surface area contributed by atoms with Gasteiger partial charge in [0.05, 0.1) is 10.8 Å². The van der Waals surface area contributed by atoms with Gasteiger partial charge in [-0.05, 0) is 17.7 Å². The Kier molecular flexibility index (Phi) is 3.18. The molecule has 0 aliphatic carbocycles. The lowest BCUT2D eigenvalue weighted by molar-refractivity contribution is -0.384. The monoisotopic (exact) mass is 332 g/mol. The zero-order chi connectivity index (χ0) is 17.6. The van der Waals surface area contributed by atoms with Crippen molar-refractivity contribution < 1.29 is 9.66 Å². The predicted molar refractivity (Wildman–Crippen MR) is 90.7 cm³/mol. The number of para-hydroxylation sites is 1. The van der Waals surface area contributed by atoms with E-state index in [1.165, 1.54) is 12.1 Å². The van der Waals surface area contributed by atoms with Gasteiger partial charge in [0.1, 0.15) is 17.4 Å². The number of rotatable bonds is 2. The van der Waals surface area contributed by atoms with Gasteiger partial charge in [-0.15, -0.1) is 0 Å². The van der Waals surface area contributed by atoms with Crippen molar-refractivity contribution in [2.24, 2.45) is 5.73 Å². The number of nitrogens with zero attached hydrogens (tertiary/aromatic N) is 2. The number of hydrogen-bond donors (Lipinski definition) is 2. The maximum Gasteiger partial charge on any atom is 0.270 e. The van der Waals surface area contributed by atoms with Gasteiger partial charge in [-0.25, -0.2) is 0 Å². The van der Waals surface area contributed by atoms with Crippen LogP contribution in [0.3, 0.4) is 0 Å². The molecule has 0 bridgehead atoms. The van der Waals surface area contributed by atoms with Crippen molar-refractivity contribution in [3.8, 4) is 11.8 Å². The molecule has 122 valence electrons. The minimum Gasteiger partial charge on any atom is -0.440 e. The second kappa shape index (κ2) is 5.39. The summed E-state index contributed by atoms with van der Waals surface area (Å²) in [4.78, 5) is 13.8. The van der Waals surface area contributed by atoms with Crippen LogP contribution in [0.4, 0.5) is 5.69 Å². The standard InChI is InChI=1S/C18H12N4O3/c19-8-13-17(11-3-1-2-4-16(11)25-18(13)20)14-9-21-15-6-5-10(22(23)24)7-12(14)15/h1-7,9,17,21H,20H2. The summed E-state index contributed by atoms with van der Waals surface area (Å²) >= 11 is 0. The SMILES string of the molecule is N#CC1=C(N)Oc2ccccc2C1c1c[nH]c2ccc([N+](=O)[O-])cc12. The molecule has 2 heterocycles. The molecule has 1 aliphatic heterocycles. The number of nitrogens with two attached hydrogens (primary N) is 1. The Morgan fingerprint density at radius 1 is 1.24 bits per heavy atom. The molecule has 1 aliphatic rings. The Labute approximate surface area is 142 Å². The first-order chi connectivity index (χ1) is 12.1. The van der Waals surface area contributed by atoms with Crippen molar-refractivity contribution in [1.29, 1.82) is 5.26 Å². The van der Waals surface area contributed by atoms with Crippen molar-refractivity contribution in [2.75, 3.05) is 0 Å². The number of nitro groups is 1. The lowest BCUT2D eigenvalue weighted by Gasteiger charge is -2.25. The van der Waals surface area contributed by atoms with Gasteiger partial charge in [0.2, 0.25) is 5.88 Å². The second-order valence-electron chi connectivity index (χ2n) is 5.69. The molecule has 0 saturated heterocycles. The van der Waals surface area contributed by atoms with Crippen molar-refractivity contribution in [3.63, 3.8) is 0 Å². The molecule has 7 nitrogen and oxygen atoms in total. The van der Waals surface area contributed by atoms with Crippen LogP contribution in [0.1, 0.15) is 17.0 Å². The Balaban J connectivity index is 2.00. The van der Waals surface area contributed by atoms with E-state index in [0.29, 0.717) is 11.1 Å². The van der Waals surface area contributed by atoms with Gasteiger partial charge in [0.25, 0.3) is 5.69 Å². The van der Waals surface area contributed by atoms with Crippen LogP contribution in [0.5, 0.6) is 5.75 Å². The van der Waals surface area contributed by atoms with Gasteiger partial charge >= 0.3 is 0 Å². The number of nitro benzene ring substituents is 1. The first-order valence-electron chi connectivity index (χ1n) is 7.52. The Morgan fingerprint density at radius 3 is 2.80 bits per heavy atom. The highest BCUT2D eigenvalue weighted by atomic mass is 16.6. The van der Waals surface area contributed by atoms with E-state index >= 15 is 0 Å². The fourth-order valence-electron chi connectivity index (χ4n) is 3.21. The number of nitrogens with one attached hydrogen (secondary N) is 1. The van der Waals surface area contributed by atoms with Crippen LogP contribution < -0.4 is 10.5 Å². The van der Waals surface area contributed by atoms with Gasteiger partial charge in [-0.1, -0.05) is 18.2 Å². The fourth-order valence-corrected chi connectivity index (χ4v) is 3.21. The quantitative estimate of drug-likeness (QED) is 0.551. The van der Waals surface area contributed by atoms with Gasteiger partial charge in [0.15, 0.2) is 0 Å². The van der Waals surface area contributed by atoms with Crippen LogP contribution in [-0.2, 0) is 0 Å². The lowest BCUT2D eigenvalue weighted by Crippen LogP contribution is -2.20. The number of ether oxygens (including phenoxy) is 1. The van der Waals surface area contributed by atoms with Crippen LogP contribution in [0.25, 0.3) is 10.9 Å². The van der Waals surface area contributed by atoms with E-state index in [-0.39, 0.29) is 17.1 Å². The average molecular weight is 332 g/mol. The summed E-state index contributed by atoms with van der Waals surface area (Å²) in [5.74, 6) is 0.167. The molecule has 1 aromatic heterocycles. The molecule has 0 spiro atoms. The highest BCUT2D eigenvalue weighted by Crippen LogP contribution is 2.44. The molecule has 0 fully saturated rings. The van der Waals surface area contributed by atoms with Crippen LogP contribution in [0.15, 0.2) is 60.1 Å². The number of benzene rings is 2. The smallest absolute Gasteiger partial charge is 0.270 e. The van der Waals surface area contributed by atoms with Crippen molar-refractivity contribution >= 4 is 16.6 Å². The molecule has 3 aromatic rings. The van der Waals surface area contributed by atoms with E-state index in [0.717, 1.165) is 16.6 Å². The largest absolute Gasteiger partial charge is 0.440 e. The van der Waals surface area contributed by atoms with Crippen LogP contribution >= 0.6 is 0 Å². The van der Waals surface area contributed by atoms with E-state index in [9.17, 15) is 15.4 Å². The molecule has 4 rings (SSSR count). The Bertz CT molecular complexity index is 1090. The van der Waals surface area contributed by atoms with Crippen LogP contribution in [-0.4, -0.2) is 9.91 Å². The van der Waals surface area contributed by atoms with E-state index in [4.69, 9.17) is 10.5 Å². The van der Waals surface area contributed by atoms with Gasteiger partial charge in [-0.2, -0.15) is 5.26 Å². The molecule has 1 unspecified atom stereocenters. The third kappa shape index (κ3) is 2.20. The summed E-state index contributed by atoms with van der Waals surface area (Å²) in [6, 6.07) is 14.0. The highest BCUT2D eigenvalue weighted by Gasteiger charge is 2.32. The van der Waals surface area contributed by atoms with Gasteiger partial charge in [-0.3, -0.25) is 10.1 Å². The third-order valence-corrected chi connectivity index (χ3v) is 4.34. The zero-order valence-corrected chi connectivity index (χ0v) is 12.9. The molecule has 7 heteroatoms. The average Bonchev–Trinajstić information content (AvgIpc) is 3.03. The minimum absolute atomic E-state index is 0.0100. The molecule has 2 aromatic carbocycles. The van der Waals surface area contributed by atoms with E-state index in [2.05, 4.69) is 11.1 Å². The first kappa shape index (κ1) is 14.8. The van der Waals surface area contributed by atoms with Gasteiger partial charge < -0.3 is 15.5 Å². The highest BCUT2D eigenvalue weighted by molar-refractivity contribution is 5.87. The number of H-pyrrole nitrogens is 1. The topological polar surface area (TPSA) is 118 Å². The second-order valence-corrected chi connectivity index (χ2v) is 5.69. The summed E-state index contributed by atoms with van der Waals surface area (Å²) < 4.78 is 5.55. The number of allylic oxidation sites excluding steroid dienone is 1. The summed E-state index contributed by atoms with van der Waals surface area (Å²) in [7, 11) is 0. The normalized spacial score (nSPS) is 16.2. The molecule has 0 saturated carbocycles. The Hall–Kier alpha value is -3.79.